The molecule has 2 rings (SSSR count). The summed E-state index contributed by atoms with van der Waals surface area (Å²) in [6.07, 6.45) is 0.425. The molecule has 0 saturated carbocycles. The maximum absolute atomic E-state index is 11.1. The Kier molecular flexibility index (Phi) is 4.14. The number of hydrogen-bond donors (Lipinski definition) is 1. The first kappa shape index (κ1) is 14.2. The zero-order chi connectivity index (χ0) is 14.7. The van der Waals surface area contributed by atoms with Gasteiger partial charge in [-0.2, -0.15) is 0 Å². The van der Waals surface area contributed by atoms with Crippen molar-refractivity contribution >= 4 is 5.97 Å². The third-order valence-electron chi connectivity index (χ3n) is 3.07. The normalized spacial score (nSPS) is 10.9. The monoisotopic (exact) mass is 280 g/mol. The fourth-order valence-electron chi connectivity index (χ4n) is 1.95. The molecule has 2 aromatic heterocycles. The van der Waals surface area contributed by atoms with Gasteiger partial charge in [-0.15, -0.1) is 5.10 Å². The third kappa shape index (κ3) is 2.69. The summed E-state index contributed by atoms with van der Waals surface area (Å²) in [6.45, 7) is 4.41. The summed E-state index contributed by atoms with van der Waals surface area (Å²) in [5.41, 5.74) is 2.12. The Morgan fingerprint density at radius 3 is 2.75 bits per heavy atom. The van der Waals surface area contributed by atoms with Gasteiger partial charge in [0.05, 0.1) is 24.5 Å². The van der Waals surface area contributed by atoms with Crippen molar-refractivity contribution in [1.29, 1.82) is 0 Å². The number of aromatic nitrogens is 4. The first-order valence-corrected chi connectivity index (χ1v) is 6.11. The van der Waals surface area contributed by atoms with E-state index in [1.54, 1.807) is 18.7 Å². The van der Waals surface area contributed by atoms with Crippen LogP contribution in [-0.2, 0) is 17.7 Å². The van der Waals surface area contributed by atoms with Crippen LogP contribution in [0.2, 0.25) is 0 Å². The molecule has 0 aliphatic rings. The molecule has 0 unspecified atom stereocenters. The SMILES string of the molecule is COCCc1c(C(=O)O)nnn1Cc1c(C)noc1C. The fourth-order valence-corrected chi connectivity index (χ4v) is 1.95. The highest BCUT2D eigenvalue weighted by Gasteiger charge is 2.20. The maximum atomic E-state index is 11.1. The van der Waals surface area contributed by atoms with Crippen LogP contribution in [0.4, 0.5) is 0 Å². The van der Waals surface area contributed by atoms with Crippen LogP contribution in [0, 0.1) is 13.8 Å². The van der Waals surface area contributed by atoms with Gasteiger partial charge < -0.3 is 14.4 Å². The van der Waals surface area contributed by atoms with Gasteiger partial charge >= 0.3 is 5.97 Å². The van der Waals surface area contributed by atoms with Crippen molar-refractivity contribution in [1.82, 2.24) is 20.2 Å². The van der Waals surface area contributed by atoms with Gasteiger partial charge in [-0.3, -0.25) is 0 Å². The molecule has 0 aliphatic carbocycles. The van der Waals surface area contributed by atoms with E-state index in [1.165, 1.54) is 0 Å². The molecule has 8 nitrogen and oxygen atoms in total. The Morgan fingerprint density at radius 2 is 2.20 bits per heavy atom. The van der Waals surface area contributed by atoms with Crippen LogP contribution in [-0.4, -0.2) is 44.9 Å². The Hall–Kier alpha value is -2.22. The minimum absolute atomic E-state index is 0.0474. The molecule has 0 spiro atoms. The van der Waals surface area contributed by atoms with Gasteiger partial charge in [-0.25, -0.2) is 9.48 Å². The second-order valence-corrected chi connectivity index (χ2v) is 4.39. The predicted octanol–water partition coefficient (Wildman–Crippen LogP) is 0.818. The smallest absolute Gasteiger partial charge is 0.358 e. The van der Waals surface area contributed by atoms with Crippen molar-refractivity contribution in [3.05, 3.63) is 28.4 Å². The lowest BCUT2D eigenvalue weighted by atomic mass is 10.2. The molecular weight excluding hydrogens is 264 g/mol. The topological polar surface area (TPSA) is 103 Å². The zero-order valence-electron chi connectivity index (χ0n) is 11.6. The summed E-state index contributed by atoms with van der Waals surface area (Å²) in [5, 5.41) is 20.6. The summed E-state index contributed by atoms with van der Waals surface area (Å²) >= 11 is 0. The van der Waals surface area contributed by atoms with Crippen molar-refractivity contribution in [3.63, 3.8) is 0 Å². The van der Waals surface area contributed by atoms with Crippen molar-refractivity contribution in [2.75, 3.05) is 13.7 Å². The third-order valence-corrected chi connectivity index (χ3v) is 3.07. The Morgan fingerprint density at radius 1 is 1.45 bits per heavy atom. The number of hydrogen-bond acceptors (Lipinski definition) is 6. The lowest BCUT2D eigenvalue weighted by molar-refractivity contribution is 0.0688. The van der Waals surface area contributed by atoms with Gasteiger partial charge in [0.25, 0.3) is 0 Å². The van der Waals surface area contributed by atoms with Crippen LogP contribution in [0.1, 0.15) is 33.2 Å². The number of nitrogens with zero attached hydrogens (tertiary/aromatic N) is 4. The second-order valence-electron chi connectivity index (χ2n) is 4.39. The van der Waals surface area contributed by atoms with Crippen LogP contribution in [0.5, 0.6) is 0 Å². The summed E-state index contributed by atoms with van der Waals surface area (Å²) in [6, 6.07) is 0. The Bertz CT molecular complexity index is 598. The number of carboxylic acid groups (broad SMARTS) is 1. The molecule has 0 aromatic carbocycles. The van der Waals surface area contributed by atoms with Crippen LogP contribution >= 0.6 is 0 Å². The minimum atomic E-state index is -1.10. The molecule has 0 radical (unpaired) electrons. The highest BCUT2D eigenvalue weighted by Crippen LogP contribution is 2.16. The predicted molar refractivity (Wildman–Crippen MR) is 67.6 cm³/mol. The Labute approximate surface area is 115 Å². The highest BCUT2D eigenvalue weighted by molar-refractivity contribution is 5.86. The molecule has 0 amide bonds. The van der Waals surface area contributed by atoms with E-state index in [0.717, 1.165) is 11.3 Å². The number of carboxylic acids is 1. The van der Waals surface area contributed by atoms with E-state index in [9.17, 15) is 4.79 Å². The molecule has 0 saturated heterocycles. The van der Waals surface area contributed by atoms with E-state index < -0.39 is 5.97 Å². The molecular formula is C12H16N4O4. The van der Waals surface area contributed by atoms with Crippen LogP contribution in [0.25, 0.3) is 0 Å². The van der Waals surface area contributed by atoms with E-state index in [0.29, 0.717) is 31.0 Å². The molecule has 0 aliphatic heterocycles. The lowest BCUT2D eigenvalue weighted by Gasteiger charge is -2.06. The van der Waals surface area contributed by atoms with Gasteiger partial charge in [0.1, 0.15) is 5.76 Å². The molecule has 2 heterocycles. The van der Waals surface area contributed by atoms with Crippen LogP contribution < -0.4 is 0 Å². The summed E-state index contributed by atoms with van der Waals surface area (Å²) in [4.78, 5) is 11.1. The van der Waals surface area contributed by atoms with Gasteiger partial charge in [0, 0.05) is 19.1 Å². The quantitative estimate of drug-likeness (QED) is 0.835. The van der Waals surface area contributed by atoms with Gasteiger partial charge in [-0.1, -0.05) is 10.4 Å². The molecule has 1 N–H and O–H groups in total. The summed E-state index contributed by atoms with van der Waals surface area (Å²) in [7, 11) is 1.56. The lowest BCUT2D eigenvalue weighted by Crippen LogP contribution is -2.12. The number of rotatable bonds is 6. The number of aryl methyl sites for hydroxylation is 2. The van der Waals surface area contributed by atoms with Crippen molar-refractivity contribution < 1.29 is 19.2 Å². The maximum Gasteiger partial charge on any atom is 0.358 e. The first-order valence-electron chi connectivity index (χ1n) is 6.11. The standard InChI is InChI=1S/C12H16N4O4/c1-7-9(8(2)20-14-7)6-16-10(4-5-19-3)11(12(17)18)13-15-16/h4-6H2,1-3H3,(H,17,18). The number of ether oxygens (including phenoxy) is 1. The summed E-state index contributed by atoms with van der Waals surface area (Å²) < 4.78 is 11.6. The van der Waals surface area contributed by atoms with Crippen LogP contribution in [0.3, 0.4) is 0 Å². The molecule has 0 atom stereocenters. The first-order chi connectivity index (χ1) is 9.54. The van der Waals surface area contributed by atoms with Crippen molar-refractivity contribution in [3.8, 4) is 0 Å². The fraction of sp³-hybridized carbons (Fsp3) is 0.500. The Balaban J connectivity index is 2.34. The molecule has 108 valence electrons. The zero-order valence-corrected chi connectivity index (χ0v) is 11.6. The van der Waals surface area contributed by atoms with Gasteiger partial charge in [0.2, 0.25) is 0 Å². The molecule has 0 fully saturated rings. The molecule has 20 heavy (non-hydrogen) atoms. The molecule has 0 bridgehead atoms. The van der Waals surface area contributed by atoms with E-state index in [2.05, 4.69) is 15.5 Å². The largest absolute Gasteiger partial charge is 0.476 e. The highest BCUT2D eigenvalue weighted by atomic mass is 16.5. The summed E-state index contributed by atoms with van der Waals surface area (Å²) in [5.74, 6) is -0.409. The van der Waals surface area contributed by atoms with E-state index >= 15 is 0 Å². The molecule has 8 heteroatoms. The minimum Gasteiger partial charge on any atom is -0.476 e. The van der Waals surface area contributed by atoms with Gasteiger partial charge in [-0.05, 0) is 13.8 Å². The average Bonchev–Trinajstić information content (AvgIpc) is 2.95. The van der Waals surface area contributed by atoms with Crippen molar-refractivity contribution in [2.45, 2.75) is 26.8 Å². The average molecular weight is 280 g/mol. The second kappa shape index (κ2) is 5.83. The number of aromatic carboxylic acids is 1. The van der Waals surface area contributed by atoms with Crippen LogP contribution in [0.15, 0.2) is 4.52 Å². The van der Waals surface area contributed by atoms with Gasteiger partial charge in [0.15, 0.2) is 5.69 Å². The number of carbonyl (C=O) groups is 1. The van der Waals surface area contributed by atoms with E-state index in [1.807, 2.05) is 6.92 Å². The van der Waals surface area contributed by atoms with E-state index in [-0.39, 0.29) is 5.69 Å². The molecule has 2 aromatic rings. The van der Waals surface area contributed by atoms with E-state index in [4.69, 9.17) is 14.4 Å². The van der Waals surface area contributed by atoms with Crippen molar-refractivity contribution in [2.24, 2.45) is 0 Å². The number of methoxy groups -OCH3 is 1.